The number of halogens is 1. The molecule has 7 heteroatoms. The van der Waals surface area contributed by atoms with Gasteiger partial charge in [-0.25, -0.2) is 0 Å². The van der Waals surface area contributed by atoms with Crippen LogP contribution in [-0.4, -0.2) is 36.9 Å². The number of hydrogen-bond donors (Lipinski definition) is 1. The Balaban J connectivity index is 1.52. The number of rotatable bonds is 8. The maximum absolute atomic E-state index is 12.6. The lowest BCUT2D eigenvalue weighted by Gasteiger charge is -2.18. The monoisotopic (exact) mass is 424 g/mol. The largest absolute Gasteiger partial charge is 0.492 e. The second kappa shape index (κ2) is 9.80. The van der Waals surface area contributed by atoms with E-state index in [1.165, 1.54) is 0 Å². The molecule has 0 aromatic heterocycles. The van der Waals surface area contributed by atoms with Gasteiger partial charge in [0.25, 0.3) is 5.91 Å². The Morgan fingerprint density at radius 1 is 0.833 bits per heavy atom. The molecule has 0 aliphatic heterocycles. The van der Waals surface area contributed by atoms with E-state index in [9.17, 15) is 9.59 Å². The summed E-state index contributed by atoms with van der Waals surface area (Å²) in [5.74, 6) is 1.23. The summed E-state index contributed by atoms with van der Waals surface area (Å²) in [5.41, 5.74) is 6.17. The third-order valence-electron chi connectivity index (χ3n) is 4.33. The zero-order valence-electron chi connectivity index (χ0n) is 16.4. The lowest BCUT2D eigenvalue weighted by atomic mass is 10.2. The molecule has 0 aliphatic rings. The van der Waals surface area contributed by atoms with Crippen LogP contribution in [0.2, 0.25) is 5.02 Å². The number of hydrogen-bond acceptors (Lipinski definition) is 4. The molecule has 0 saturated carbocycles. The van der Waals surface area contributed by atoms with Crippen LogP contribution in [0.5, 0.6) is 17.2 Å². The van der Waals surface area contributed by atoms with Crippen LogP contribution in [0.25, 0.3) is 0 Å². The standard InChI is InChI=1S/C23H21ClN2O4/c1-26(14-15-29-19-12-6-18(24)7-13-19)23(28)17-4-10-21(11-5-17)30-20-8-2-16(3-9-20)22(25)27/h2-13H,14-15H2,1H3,(H2,25,27). The Morgan fingerprint density at radius 3 is 1.87 bits per heavy atom. The fourth-order valence-electron chi connectivity index (χ4n) is 2.64. The van der Waals surface area contributed by atoms with E-state index in [0.29, 0.717) is 46.5 Å². The molecule has 30 heavy (non-hydrogen) atoms. The number of primary amides is 1. The average molecular weight is 425 g/mol. The van der Waals surface area contributed by atoms with Crippen LogP contribution in [0.15, 0.2) is 72.8 Å². The van der Waals surface area contributed by atoms with Crippen LogP contribution >= 0.6 is 11.6 Å². The minimum absolute atomic E-state index is 0.118. The zero-order valence-corrected chi connectivity index (χ0v) is 17.1. The Hall–Kier alpha value is -3.51. The van der Waals surface area contributed by atoms with Crippen LogP contribution in [0, 0.1) is 0 Å². The molecule has 0 fully saturated rings. The fourth-order valence-corrected chi connectivity index (χ4v) is 2.77. The molecule has 0 saturated heterocycles. The van der Waals surface area contributed by atoms with Gasteiger partial charge in [-0.15, -0.1) is 0 Å². The molecule has 0 aliphatic carbocycles. The van der Waals surface area contributed by atoms with E-state index in [0.717, 1.165) is 0 Å². The van der Waals surface area contributed by atoms with Gasteiger partial charge in [0.1, 0.15) is 23.9 Å². The average Bonchev–Trinajstić information content (AvgIpc) is 2.75. The first-order chi connectivity index (χ1) is 14.4. The highest BCUT2D eigenvalue weighted by molar-refractivity contribution is 6.30. The van der Waals surface area contributed by atoms with E-state index < -0.39 is 5.91 Å². The first-order valence-electron chi connectivity index (χ1n) is 9.24. The van der Waals surface area contributed by atoms with E-state index in [2.05, 4.69) is 0 Å². The van der Waals surface area contributed by atoms with Gasteiger partial charge in [-0.05, 0) is 72.8 Å². The highest BCUT2D eigenvalue weighted by Crippen LogP contribution is 2.22. The predicted molar refractivity (Wildman–Crippen MR) is 115 cm³/mol. The second-order valence-corrected chi connectivity index (χ2v) is 6.98. The predicted octanol–water partition coefficient (Wildman–Crippen LogP) is 4.38. The summed E-state index contributed by atoms with van der Waals surface area (Å²) in [5, 5.41) is 0.643. The van der Waals surface area contributed by atoms with Crippen molar-refractivity contribution in [3.05, 3.63) is 88.9 Å². The number of amides is 2. The van der Waals surface area contributed by atoms with E-state index >= 15 is 0 Å². The first kappa shape index (κ1) is 21.2. The Kier molecular flexibility index (Phi) is 6.93. The molecular weight excluding hydrogens is 404 g/mol. The van der Waals surface area contributed by atoms with Gasteiger partial charge in [0, 0.05) is 23.2 Å². The summed E-state index contributed by atoms with van der Waals surface area (Å²) < 4.78 is 11.3. The first-order valence-corrected chi connectivity index (χ1v) is 9.62. The minimum atomic E-state index is -0.493. The van der Waals surface area contributed by atoms with Crippen molar-refractivity contribution < 1.29 is 19.1 Å². The smallest absolute Gasteiger partial charge is 0.253 e. The summed E-state index contributed by atoms with van der Waals surface area (Å²) in [6.45, 7) is 0.804. The van der Waals surface area contributed by atoms with Crippen molar-refractivity contribution in [3.63, 3.8) is 0 Å². The molecule has 2 amide bonds. The van der Waals surface area contributed by atoms with E-state index in [-0.39, 0.29) is 5.91 Å². The van der Waals surface area contributed by atoms with Crippen molar-refractivity contribution in [3.8, 4) is 17.2 Å². The van der Waals surface area contributed by atoms with Crippen molar-refractivity contribution in [2.24, 2.45) is 5.73 Å². The highest BCUT2D eigenvalue weighted by atomic mass is 35.5. The number of nitrogens with zero attached hydrogens (tertiary/aromatic N) is 1. The summed E-state index contributed by atoms with van der Waals surface area (Å²) >= 11 is 5.85. The SMILES string of the molecule is CN(CCOc1ccc(Cl)cc1)C(=O)c1ccc(Oc2ccc(C(N)=O)cc2)cc1. The van der Waals surface area contributed by atoms with Crippen molar-refractivity contribution >= 4 is 23.4 Å². The Labute approximate surface area is 179 Å². The number of carbonyl (C=O) groups is 2. The van der Waals surface area contributed by atoms with Crippen molar-refractivity contribution in [1.29, 1.82) is 0 Å². The molecular formula is C23H21ClN2O4. The van der Waals surface area contributed by atoms with Gasteiger partial charge < -0.3 is 20.1 Å². The molecule has 3 rings (SSSR count). The van der Waals surface area contributed by atoms with Crippen molar-refractivity contribution in [1.82, 2.24) is 4.90 Å². The molecule has 0 bridgehead atoms. The quantitative estimate of drug-likeness (QED) is 0.581. The van der Waals surface area contributed by atoms with E-state index in [1.54, 1.807) is 84.7 Å². The normalized spacial score (nSPS) is 10.3. The Morgan fingerprint density at radius 2 is 1.33 bits per heavy atom. The number of ether oxygens (including phenoxy) is 2. The van der Waals surface area contributed by atoms with Crippen molar-refractivity contribution in [2.75, 3.05) is 20.2 Å². The molecule has 0 radical (unpaired) electrons. The highest BCUT2D eigenvalue weighted by Gasteiger charge is 2.12. The lowest BCUT2D eigenvalue weighted by molar-refractivity contribution is 0.0773. The molecule has 0 heterocycles. The molecule has 2 N–H and O–H groups in total. The van der Waals surface area contributed by atoms with Gasteiger partial charge in [0.15, 0.2) is 0 Å². The molecule has 0 atom stereocenters. The lowest BCUT2D eigenvalue weighted by Crippen LogP contribution is -2.30. The molecule has 154 valence electrons. The third-order valence-corrected chi connectivity index (χ3v) is 4.58. The molecule has 6 nitrogen and oxygen atoms in total. The maximum atomic E-state index is 12.6. The Bertz CT molecular complexity index is 1000. The molecule has 3 aromatic rings. The summed E-state index contributed by atoms with van der Waals surface area (Å²) in [4.78, 5) is 25.3. The fraction of sp³-hybridized carbons (Fsp3) is 0.130. The summed E-state index contributed by atoms with van der Waals surface area (Å²) in [7, 11) is 1.72. The van der Waals surface area contributed by atoms with Crippen LogP contribution < -0.4 is 15.2 Å². The van der Waals surface area contributed by atoms with Gasteiger partial charge in [-0.2, -0.15) is 0 Å². The molecule has 3 aromatic carbocycles. The summed E-state index contributed by atoms with van der Waals surface area (Å²) in [6.07, 6.45) is 0. The topological polar surface area (TPSA) is 81.9 Å². The van der Waals surface area contributed by atoms with Gasteiger partial charge in [-0.3, -0.25) is 9.59 Å². The number of carbonyl (C=O) groups excluding carboxylic acids is 2. The van der Waals surface area contributed by atoms with E-state index in [1.807, 2.05) is 0 Å². The van der Waals surface area contributed by atoms with Crippen LogP contribution in [0.1, 0.15) is 20.7 Å². The minimum Gasteiger partial charge on any atom is -0.492 e. The second-order valence-electron chi connectivity index (χ2n) is 6.54. The maximum Gasteiger partial charge on any atom is 0.253 e. The number of nitrogens with two attached hydrogens (primary N) is 1. The van der Waals surface area contributed by atoms with Crippen LogP contribution in [-0.2, 0) is 0 Å². The van der Waals surface area contributed by atoms with Gasteiger partial charge in [0.05, 0.1) is 6.54 Å². The van der Waals surface area contributed by atoms with Gasteiger partial charge >= 0.3 is 0 Å². The van der Waals surface area contributed by atoms with E-state index in [4.69, 9.17) is 26.8 Å². The van der Waals surface area contributed by atoms with Crippen LogP contribution in [0.3, 0.4) is 0 Å². The van der Waals surface area contributed by atoms with Crippen molar-refractivity contribution in [2.45, 2.75) is 0 Å². The number of likely N-dealkylation sites (N-methyl/N-ethyl adjacent to an activating group) is 1. The molecule has 0 unspecified atom stereocenters. The van der Waals surface area contributed by atoms with Gasteiger partial charge in [0.2, 0.25) is 5.91 Å². The molecule has 0 spiro atoms. The zero-order chi connectivity index (χ0) is 21.5. The van der Waals surface area contributed by atoms with Gasteiger partial charge in [-0.1, -0.05) is 11.6 Å². The summed E-state index contributed by atoms with van der Waals surface area (Å²) in [6, 6.07) is 20.4. The third kappa shape index (κ3) is 5.75. The number of benzene rings is 3. The van der Waals surface area contributed by atoms with Crippen LogP contribution in [0.4, 0.5) is 0 Å².